The second-order valence-corrected chi connectivity index (χ2v) is 10.6. The van der Waals surface area contributed by atoms with E-state index in [9.17, 15) is 14.4 Å². The summed E-state index contributed by atoms with van der Waals surface area (Å²) in [5, 5.41) is 7.77. The molecule has 4 rings (SSSR count). The molecule has 35 heavy (non-hydrogen) atoms. The molecule has 6 nitrogen and oxygen atoms in total. The lowest BCUT2D eigenvalue weighted by atomic mass is 9.91. The Balaban J connectivity index is 1.50. The van der Waals surface area contributed by atoms with Crippen molar-refractivity contribution in [2.45, 2.75) is 45.7 Å². The van der Waals surface area contributed by atoms with E-state index in [0.717, 1.165) is 27.3 Å². The number of amides is 4. The van der Waals surface area contributed by atoms with Crippen molar-refractivity contribution in [3.63, 3.8) is 0 Å². The van der Waals surface area contributed by atoms with Gasteiger partial charge in [-0.15, -0.1) is 11.3 Å². The molecule has 1 aliphatic rings. The quantitative estimate of drug-likeness (QED) is 0.441. The van der Waals surface area contributed by atoms with E-state index in [1.54, 1.807) is 18.3 Å². The fraction of sp³-hybridized carbons (Fsp3) is 0.321. The molecule has 7 heteroatoms. The molecule has 1 fully saturated rings. The number of nitrogens with zero attached hydrogens (tertiary/aromatic N) is 1. The summed E-state index contributed by atoms with van der Waals surface area (Å²) >= 11 is 1.55. The third-order valence-electron chi connectivity index (χ3n) is 6.30. The van der Waals surface area contributed by atoms with Gasteiger partial charge in [0.25, 0.3) is 5.91 Å². The van der Waals surface area contributed by atoms with E-state index in [0.29, 0.717) is 11.5 Å². The maximum Gasteiger partial charge on any atom is 0.325 e. The van der Waals surface area contributed by atoms with E-state index in [1.165, 1.54) is 5.56 Å². The van der Waals surface area contributed by atoms with Crippen molar-refractivity contribution in [3.8, 4) is 0 Å². The highest BCUT2D eigenvalue weighted by Gasteiger charge is 2.49. The molecule has 2 unspecified atom stereocenters. The van der Waals surface area contributed by atoms with Crippen LogP contribution in [-0.2, 0) is 21.5 Å². The van der Waals surface area contributed by atoms with Gasteiger partial charge in [-0.3, -0.25) is 14.5 Å². The molecule has 2 atom stereocenters. The molecular formula is C28H31N3O3S. The molecule has 2 heterocycles. The number of aryl methyl sites for hydroxylation is 1. The van der Waals surface area contributed by atoms with Crippen LogP contribution >= 0.6 is 11.3 Å². The van der Waals surface area contributed by atoms with Crippen LogP contribution in [0.15, 0.2) is 66.0 Å². The average molecular weight is 490 g/mol. The molecule has 182 valence electrons. The monoisotopic (exact) mass is 489 g/mol. The number of urea groups is 1. The Morgan fingerprint density at radius 2 is 1.74 bits per heavy atom. The summed E-state index contributed by atoms with van der Waals surface area (Å²) in [6.07, 6.45) is 0.988. The SMILES string of the molecule is Cc1ccc(C2(C)NC(=O)N(CC(=O)NC(c3ccc(CC(C)C)cc3)c3cccs3)C2=O)cc1. The van der Waals surface area contributed by atoms with Crippen LogP contribution in [-0.4, -0.2) is 29.3 Å². The minimum Gasteiger partial charge on any atom is -0.343 e. The van der Waals surface area contributed by atoms with Crippen LogP contribution in [0.5, 0.6) is 0 Å². The normalized spacial score (nSPS) is 18.6. The average Bonchev–Trinajstić information content (AvgIpc) is 3.42. The van der Waals surface area contributed by atoms with E-state index < -0.39 is 23.4 Å². The van der Waals surface area contributed by atoms with Gasteiger partial charge in [0.1, 0.15) is 12.1 Å². The van der Waals surface area contributed by atoms with E-state index in [-0.39, 0.29) is 12.6 Å². The Hall–Kier alpha value is -3.45. The number of imide groups is 1. The highest BCUT2D eigenvalue weighted by atomic mass is 32.1. The van der Waals surface area contributed by atoms with Gasteiger partial charge in [0.05, 0.1) is 6.04 Å². The van der Waals surface area contributed by atoms with Crippen molar-refractivity contribution < 1.29 is 14.4 Å². The number of hydrogen-bond acceptors (Lipinski definition) is 4. The molecule has 0 aliphatic carbocycles. The van der Waals surface area contributed by atoms with Gasteiger partial charge in [-0.1, -0.05) is 74.0 Å². The summed E-state index contributed by atoms with van der Waals surface area (Å²) < 4.78 is 0. The first-order valence-corrected chi connectivity index (χ1v) is 12.7. The molecule has 1 aromatic heterocycles. The Bertz CT molecular complexity index is 1200. The number of hydrogen-bond donors (Lipinski definition) is 2. The van der Waals surface area contributed by atoms with Gasteiger partial charge >= 0.3 is 6.03 Å². The standard InChI is InChI=1S/C28H31N3O3S/c1-18(2)16-20-9-11-21(12-10-20)25(23-6-5-15-35-23)29-24(32)17-31-26(33)28(4,30-27(31)34)22-13-7-19(3)8-14-22/h5-15,18,25H,16-17H2,1-4H3,(H,29,32)(H,30,34). The minimum absolute atomic E-state index is 0.348. The molecule has 0 radical (unpaired) electrons. The van der Waals surface area contributed by atoms with E-state index in [4.69, 9.17) is 0 Å². The predicted molar refractivity (Wildman–Crippen MR) is 138 cm³/mol. The summed E-state index contributed by atoms with van der Waals surface area (Å²) in [4.78, 5) is 41.0. The summed E-state index contributed by atoms with van der Waals surface area (Å²) in [6.45, 7) is 7.65. The first-order chi connectivity index (χ1) is 16.7. The second-order valence-electron chi connectivity index (χ2n) is 9.67. The third-order valence-corrected chi connectivity index (χ3v) is 7.23. The molecule has 2 N–H and O–H groups in total. The minimum atomic E-state index is -1.20. The summed E-state index contributed by atoms with van der Waals surface area (Å²) in [6, 6.07) is 18.7. The summed E-state index contributed by atoms with van der Waals surface area (Å²) in [5.74, 6) is -0.276. The molecule has 1 aliphatic heterocycles. The van der Waals surface area contributed by atoms with Gasteiger partial charge in [0, 0.05) is 4.88 Å². The van der Waals surface area contributed by atoms with E-state index in [2.05, 4.69) is 36.6 Å². The van der Waals surface area contributed by atoms with Crippen LogP contribution in [0.1, 0.15) is 53.9 Å². The van der Waals surface area contributed by atoms with Gasteiger partial charge in [-0.25, -0.2) is 4.79 Å². The van der Waals surface area contributed by atoms with E-state index in [1.807, 2.05) is 60.8 Å². The van der Waals surface area contributed by atoms with Crippen LogP contribution in [0, 0.1) is 12.8 Å². The maximum atomic E-state index is 13.2. The smallest absolute Gasteiger partial charge is 0.325 e. The summed E-state index contributed by atoms with van der Waals surface area (Å²) in [5.41, 5.74) is 2.74. The Labute approximate surface area is 210 Å². The van der Waals surface area contributed by atoms with Crippen LogP contribution in [0.2, 0.25) is 0 Å². The number of nitrogens with one attached hydrogen (secondary N) is 2. The topological polar surface area (TPSA) is 78.5 Å². The molecule has 0 spiro atoms. The Morgan fingerprint density at radius 3 is 2.34 bits per heavy atom. The molecule has 0 bridgehead atoms. The van der Waals surface area contributed by atoms with Gasteiger partial charge < -0.3 is 10.6 Å². The van der Waals surface area contributed by atoms with Crippen molar-refractivity contribution in [1.29, 1.82) is 0 Å². The molecule has 0 saturated carbocycles. The lowest BCUT2D eigenvalue weighted by molar-refractivity contribution is -0.135. The first kappa shape index (κ1) is 24.7. The largest absolute Gasteiger partial charge is 0.343 e. The Kier molecular flexibility index (Phi) is 7.08. The highest BCUT2D eigenvalue weighted by molar-refractivity contribution is 7.10. The number of carbonyl (C=O) groups excluding carboxylic acids is 3. The zero-order valence-corrected chi connectivity index (χ0v) is 21.3. The van der Waals surface area contributed by atoms with Crippen molar-refractivity contribution in [1.82, 2.24) is 15.5 Å². The second kappa shape index (κ2) is 10.0. The number of carbonyl (C=O) groups is 3. The lowest BCUT2D eigenvalue weighted by Crippen LogP contribution is -2.44. The maximum absolute atomic E-state index is 13.2. The zero-order chi connectivity index (χ0) is 25.2. The first-order valence-electron chi connectivity index (χ1n) is 11.8. The van der Waals surface area contributed by atoms with Gasteiger partial charge in [0.15, 0.2) is 0 Å². The van der Waals surface area contributed by atoms with Crippen molar-refractivity contribution >= 4 is 29.2 Å². The highest BCUT2D eigenvalue weighted by Crippen LogP contribution is 2.30. The number of thiophene rings is 1. The molecule has 1 saturated heterocycles. The fourth-order valence-electron chi connectivity index (χ4n) is 4.37. The van der Waals surface area contributed by atoms with E-state index >= 15 is 0 Å². The van der Waals surface area contributed by atoms with Crippen LogP contribution in [0.3, 0.4) is 0 Å². The fourth-order valence-corrected chi connectivity index (χ4v) is 5.17. The number of rotatable bonds is 8. The molecular weight excluding hydrogens is 458 g/mol. The Morgan fingerprint density at radius 1 is 1.06 bits per heavy atom. The van der Waals surface area contributed by atoms with Crippen molar-refractivity contribution in [3.05, 3.63) is 93.2 Å². The van der Waals surface area contributed by atoms with Crippen LogP contribution in [0.25, 0.3) is 0 Å². The lowest BCUT2D eigenvalue weighted by Gasteiger charge is -2.23. The van der Waals surface area contributed by atoms with Crippen molar-refractivity contribution in [2.75, 3.05) is 6.54 Å². The van der Waals surface area contributed by atoms with Gasteiger partial charge in [-0.05, 0) is 54.3 Å². The van der Waals surface area contributed by atoms with Crippen LogP contribution < -0.4 is 10.6 Å². The third kappa shape index (κ3) is 5.30. The van der Waals surface area contributed by atoms with Gasteiger partial charge in [0.2, 0.25) is 5.91 Å². The zero-order valence-electron chi connectivity index (χ0n) is 20.5. The molecule has 4 amide bonds. The molecule has 2 aromatic carbocycles. The summed E-state index contributed by atoms with van der Waals surface area (Å²) in [7, 11) is 0. The van der Waals surface area contributed by atoms with Gasteiger partial charge in [-0.2, -0.15) is 0 Å². The number of benzene rings is 2. The molecule has 3 aromatic rings. The van der Waals surface area contributed by atoms with Crippen molar-refractivity contribution in [2.24, 2.45) is 5.92 Å². The van der Waals surface area contributed by atoms with Crippen LogP contribution in [0.4, 0.5) is 4.79 Å². The predicted octanol–water partition coefficient (Wildman–Crippen LogP) is 4.93.